The van der Waals surface area contributed by atoms with E-state index in [0.29, 0.717) is 35.7 Å². The monoisotopic (exact) mass is 488 g/mol. The quantitative estimate of drug-likeness (QED) is 0.357. The molecule has 6 heteroatoms. The number of H-pyrrole nitrogens is 1. The van der Waals surface area contributed by atoms with Crippen molar-refractivity contribution in [2.75, 3.05) is 13.1 Å². The standard InChI is InChI=1S/C31H28N4O2/c36-30(23-9-10-23)34-16-14-20(18-34)19-35-29(33-28-4-2-1-3-26(28)31(35)37)22-7-5-21(6-8-22)24-11-12-27-25(17-24)13-15-32-27/h1-8,11-13,15,17,20,23,32H,9-10,14,16,18-19H2/t20-/m1/s1. The van der Waals surface area contributed by atoms with E-state index >= 15 is 0 Å². The number of amides is 1. The van der Waals surface area contributed by atoms with Gasteiger partial charge in [-0.1, -0.05) is 42.5 Å². The Balaban J connectivity index is 1.24. The number of nitrogens with zero attached hydrogens (tertiary/aromatic N) is 3. The number of para-hydroxylation sites is 1. The molecule has 0 bridgehead atoms. The second-order valence-electron chi connectivity index (χ2n) is 10.4. The lowest BCUT2D eigenvalue weighted by molar-refractivity contribution is -0.131. The second-order valence-corrected chi connectivity index (χ2v) is 10.4. The molecule has 3 heterocycles. The summed E-state index contributed by atoms with van der Waals surface area (Å²) in [4.78, 5) is 36.4. The Morgan fingerprint density at radius 1 is 0.919 bits per heavy atom. The lowest BCUT2D eigenvalue weighted by Crippen LogP contribution is -2.32. The fourth-order valence-electron chi connectivity index (χ4n) is 5.63. The minimum Gasteiger partial charge on any atom is -0.361 e. The van der Waals surface area contributed by atoms with Crippen molar-refractivity contribution in [2.45, 2.75) is 25.8 Å². The number of carbonyl (C=O) groups excluding carboxylic acids is 1. The van der Waals surface area contributed by atoms with Gasteiger partial charge < -0.3 is 9.88 Å². The Labute approximate surface area is 214 Å². The molecule has 1 N–H and O–H groups in total. The minimum atomic E-state index is -0.0189. The zero-order chi connectivity index (χ0) is 24.9. The van der Waals surface area contributed by atoms with E-state index < -0.39 is 0 Å². The number of aromatic nitrogens is 3. The van der Waals surface area contributed by atoms with Crippen LogP contribution in [0.3, 0.4) is 0 Å². The summed E-state index contributed by atoms with van der Waals surface area (Å²) in [6.07, 6.45) is 4.91. The molecule has 2 aromatic heterocycles. The molecule has 1 saturated heterocycles. The highest BCUT2D eigenvalue weighted by atomic mass is 16.2. The van der Waals surface area contributed by atoms with Gasteiger partial charge in [-0.05, 0) is 72.0 Å². The maximum Gasteiger partial charge on any atom is 0.261 e. The topological polar surface area (TPSA) is 71.0 Å². The predicted octanol–water partition coefficient (Wildman–Crippen LogP) is 5.47. The summed E-state index contributed by atoms with van der Waals surface area (Å²) in [6, 6.07) is 24.3. The van der Waals surface area contributed by atoms with E-state index in [2.05, 4.69) is 53.5 Å². The number of aromatic amines is 1. The second kappa shape index (κ2) is 8.73. The van der Waals surface area contributed by atoms with Gasteiger partial charge in [0.05, 0.1) is 10.9 Å². The molecular formula is C31H28N4O2. The van der Waals surface area contributed by atoms with Crippen molar-refractivity contribution >= 4 is 27.7 Å². The van der Waals surface area contributed by atoms with E-state index in [-0.39, 0.29) is 17.4 Å². The Bertz CT molecular complexity index is 1690. The van der Waals surface area contributed by atoms with Crippen LogP contribution in [-0.4, -0.2) is 38.4 Å². The molecule has 0 radical (unpaired) electrons. The normalized spacial score (nSPS) is 17.6. The van der Waals surface area contributed by atoms with E-state index in [0.717, 1.165) is 48.0 Å². The number of benzene rings is 3. The van der Waals surface area contributed by atoms with Crippen molar-refractivity contribution in [3.63, 3.8) is 0 Å². The highest BCUT2D eigenvalue weighted by Gasteiger charge is 2.36. The molecule has 1 amide bonds. The summed E-state index contributed by atoms with van der Waals surface area (Å²) < 4.78 is 1.83. The Morgan fingerprint density at radius 3 is 2.54 bits per heavy atom. The van der Waals surface area contributed by atoms with Crippen molar-refractivity contribution in [1.29, 1.82) is 0 Å². The van der Waals surface area contributed by atoms with E-state index in [4.69, 9.17) is 4.98 Å². The van der Waals surface area contributed by atoms with Gasteiger partial charge in [0.1, 0.15) is 5.82 Å². The van der Waals surface area contributed by atoms with Crippen LogP contribution in [0.25, 0.3) is 44.3 Å². The Morgan fingerprint density at radius 2 is 1.70 bits per heavy atom. The van der Waals surface area contributed by atoms with Crippen molar-refractivity contribution in [3.05, 3.63) is 89.3 Å². The van der Waals surface area contributed by atoms with Gasteiger partial charge in [-0.25, -0.2) is 4.98 Å². The van der Waals surface area contributed by atoms with E-state index in [1.807, 2.05) is 39.9 Å². The highest BCUT2D eigenvalue weighted by Crippen LogP contribution is 2.33. The average Bonchev–Trinajstić information content (AvgIpc) is 3.49. The third-order valence-electron chi connectivity index (χ3n) is 7.86. The Kier molecular flexibility index (Phi) is 5.20. The first-order valence-corrected chi connectivity index (χ1v) is 13.1. The number of fused-ring (bicyclic) bond motifs is 2. The maximum absolute atomic E-state index is 13.7. The number of nitrogens with one attached hydrogen (secondary N) is 1. The minimum absolute atomic E-state index is 0.0189. The van der Waals surface area contributed by atoms with Gasteiger partial charge in [0.2, 0.25) is 5.91 Å². The largest absolute Gasteiger partial charge is 0.361 e. The molecule has 1 aliphatic heterocycles. The fourth-order valence-corrected chi connectivity index (χ4v) is 5.63. The van der Waals surface area contributed by atoms with Gasteiger partial charge in [0.15, 0.2) is 0 Å². The molecule has 7 rings (SSSR count). The summed E-state index contributed by atoms with van der Waals surface area (Å²) in [5.41, 5.74) is 4.99. The van der Waals surface area contributed by atoms with Crippen LogP contribution in [0, 0.1) is 11.8 Å². The van der Waals surface area contributed by atoms with Crippen LogP contribution in [0.5, 0.6) is 0 Å². The first kappa shape index (κ1) is 22.0. The number of carbonyl (C=O) groups is 1. The van der Waals surface area contributed by atoms with E-state index in [1.165, 1.54) is 5.39 Å². The van der Waals surface area contributed by atoms with Gasteiger partial charge in [-0.15, -0.1) is 0 Å². The molecule has 184 valence electrons. The summed E-state index contributed by atoms with van der Waals surface area (Å²) in [7, 11) is 0. The molecule has 6 nitrogen and oxygen atoms in total. The molecule has 1 aliphatic carbocycles. The van der Waals surface area contributed by atoms with Crippen molar-refractivity contribution < 1.29 is 4.79 Å². The molecule has 2 aliphatic rings. The third-order valence-corrected chi connectivity index (χ3v) is 7.86. The molecule has 3 aromatic carbocycles. The van der Waals surface area contributed by atoms with Gasteiger partial charge in [-0.3, -0.25) is 14.2 Å². The summed E-state index contributed by atoms with van der Waals surface area (Å²) in [5, 5.41) is 1.81. The predicted molar refractivity (Wildman–Crippen MR) is 146 cm³/mol. The molecule has 2 fully saturated rings. The van der Waals surface area contributed by atoms with Crippen LogP contribution in [0.4, 0.5) is 0 Å². The molecule has 1 saturated carbocycles. The van der Waals surface area contributed by atoms with Crippen LogP contribution in [0.1, 0.15) is 19.3 Å². The van der Waals surface area contributed by atoms with Gasteiger partial charge in [-0.2, -0.15) is 0 Å². The summed E-state index contributed by atoms with van der Waals surface area (Å²) in [5.74, 6) is 1.45. The van der Waals surface area contributed by atoms with Crippen LogP contribution in [-0.2, 0) is 11.3 Å². The molecule has 0 spiro atoms. The number of rotatable bonds is 5. The molecular weight excluding hydrogens is 460 g/mol. The molecule has 37 heavy (non-hydrogen) atoms. The van der Waals surface area contributed by atoms with Crippen LogP contribution in [0.15, 0.2) is 83.8 Å². The van der Waals surface area contributed by atoms with Crippen LogP contribution < -0.4 is 5.56 Å². The van der Waals surface area contributed by atoms with Crippen molar-refractivity contribution in [1.82, 2.24) is 19.4 Å². The van der Waals surface area contributed by atoms with Crippen molar-refractivity contribution in [2.24, 2.45) is 11.8 Å². The van der Waals surface area contributed by atoms with Gasteiger partial charge in [0, 0.05) is 42.8 Å². The molecule has 5 aromatic rings. The van der Waals surface area contributed by atoms with Gasteiger partial charge >= 0.3 is 0 Å². The van der Waals surface area contributed by atoms with E-state index in [9.17, 15) is 9.59 Å². The molecule has 1 atom stereocenters. The number of likely N-dealkylation sites (tertiary alicyclic amines) is 1. The first-order chi connectivity index (χ1) is 18.1. The number of hydrogen-bond acceptors (Lipinski definition) is 3. The Hall–Kier alpha value is -4.19. The molecule has 0 unspecified atom stereocenters. The maximum atomic E-state index is 13.7. The van der Waals surface area contributed by atoms with E-state index in [1.54, 1.807) is 0 Å². The highest BCUT2D eigenvalue weighted by molar-refractivity contribution is 5.85. The smallest absolute Gasteiger partial charge is 0.261 e. The third kappa shape index (κ3) is 4.02. The van der Waals surface area contributed by atoms with Crippen LogP contribution >= 0.6 is 0 Å². The summed E-state index contributed by atoms with van der Waals surface area (Å²) >= 11 is 0. The zero-order valence-electron chi connectivity index (χ0n) is 20.6. The van der Waals surface area contributed by atoms with Crippen molar-refractivity contribution in [3.8, 4) is 22.5 Å². The zero-order valence-corrected chi connectivity index (χ0v) is 20.6. The fraction of sp³-hybridized carbons (Fsp3) is 0.258. The lowest BCUT2D eigenvalue weighted by atomic mass is 10.0. The van der Waals surface area contributed by atoms with Crippen LogP contribution in [0.2, 0.25) is 0 Å². The lowest BCUT2D eigenvalue weighted by Gasteiger charge is -2.19. The summed E-state index contributed by atoms with van der Waals surface area (Å²) in [6.45, 7) is 2.06. The number of hydrogen-bond donors (Lipinski definition) is 1. The SMILES string of the molecule is O=C(C1CC1)N1CC[C@@H](Cn2c(-c3ccc(-c4ccc5[nH]ccc5c4)cc3)nc3ccccc3c2=O)C1. The average molecular weight is 489 g/mol. The first-order valence-electron chi connectivity index (χ1n) is 13.1. The van der Waals surface area contributed by atoms with Gasteiger partial charge in [0.25, 0.3) is 5.56 Å².